The molecule has 3 nitrogen and oxygen atoms in total. The highest BCUT2D eigenvalue weighted by molar-refractivity contribution is 5.83. The van der Waals surface area contributed by atoms with Gasteiger partial charge in [-0.15, -0.1) is 0 Å². The van der Waals surface area contributed by atoms with Gasteiger partial charge in [-0.2, -0.15) is 0 Å². The molecule has 25 heavy (non-hydrogen) atoms. The molecule has 1 heterocycles. The maximum Gasteiger partial charge on any atom is 0.0990 e. The minimum Gasteiger partial charge on any atom is -0.357 e. The van der Waals surface area contributed by atoms with E-state index >= 15 is 0 Å². The van der Waals surface area contributed by atoms with Gasteiger partial charge in [0.05, 0.1) is 12.4 Å². The van der Waals surface area contributed by atoms with Crippen molar-refractivity contribution < 1.29 is 0 Å². The molecule has 1 aliphatic rings. The molecule has 0 aromatic rings. The molecule has 146 valence electrons. The van der Waals surface area contributed by atoms with E-state index in [1.807, 2.05) is 0 Å². The molecule has 2 N–H and O–H groups in total. The van der Waals surface area contributed by atoms with Crippen LogP contribution in [0.4, 0.5) is 0 Å². The monoisotopic (exact) mass is 349 g/mol. The molecule has 0 radical (unpaired) electrons. The van der Waals surface area contributed by atoms with Gasteiger partial charge >= 0.3 is 0 Å². The van der Waals surface area contributed by atoms with E-state index in [1.54, 1.807) is 0 Å². The molecular formula is C22H43N3. The van der Waals surface area contributed by atoms with Crippen molar-refractivity contribution in [2.75, 3.05) is 26.2 Å². The lowest BCUT2D eigenvalue weighted by atomic mass is 10.1. The Morgan fingerprint density at radius 3 is 2.12 bits per heavy atom. The van der Waals surface area contributed by atoms with Crippen LogP contribution in [0.3, 0.4) is 0 Å². The van der Waals surface area contributed by atoms with Gasteiger partial charge in [-0.3, -0.25) is 4.99 Å². The quantitative estimate of drug-likeness (QED) is 0.270. The summed E-state index contributed by atoms with van der Waals surface area (Å²) in [5.74, 6) is 1.31. The molecule has 1 rings (SSSR count). The van der Waals surface area contributed by atoms with Crippen LogP contribution in [0, 0.1) is 0 Å². The number of amidine groups is 1. The molecule has 3 heteroatoms. The third-order valence-corrected chi connectivity index (χ3v) is 5.09. The molecular weight excluding hydrogens is 306 g/mol. The summed E-state index contributed by atoms with van der Waals surface area (Å²) < 4.78 is 0. The Morgan fingerprint density at radius 1 is 0.880 bits per heavy atom. The number of rotatable bonds is 17. The van der Waals surface area contributed by atoms with E-state index in [0.717, 1.165) is 32.6 Å². The van der Waals surface area contributed by atoms with Crippen molar-refractivity contribution in [3.8, 4) is 0 Å². The van der Waals surface area contributed by atoms with Crippen molar-refractivity contribution in [2.45, 2.75) is 96.8 Å². The van der Waals surface area contributed by atoms with Crippen LogP contribution in [-0.2, 0) is 0 Å². The number of aliphatic imine (C=N–C) groups is 1. The highest BCUT2D eigenvalue weighted by Crippen LogP contribution is 2.13. The summed E-state index contributed by atoms with van der Waals surface area (Å²) in [7, 11) is 0. The largest absolute Gasteiger partial charge is 0.357 e. The Hall–Kier alpha value is -0.830. The zero-order valence-corrected chi connectivity index (χ0v) is 16.9. The van der Waals surface area contributed by atoms with E-state index in [0.29, 0.717) is 0 Å². The van der Waals surface area contributed by atoms with Gasteiger partial charge < -0.3 is 10.6 Å². The second-order valence-corrected chi connectivity index (χ2v) is 7.41. The van der Waals surface area contributed by atoms with Crippen molar-refractivity contribution in [2.24, 2.45) is 10.7 Å². The van der Waals surface area contributed by atoms with Crippen LogP contribution in [0.5, 0.6) is 0 Å². The van der Waals surface area contributed by atoms with Gasteiger partial charge in [0.25, 0.3) is 0 Å². The van der Waals surface area contributed by atoms with Crippen LogP contribution in [-0.4, -0.2) is 36.9 Å². The van der Waals surface area contributed by atoms with Crippen LogP contribution in [0.15, 0.2) is 17.1 Å². The smallest absolute Gasteiger partial charge is 0.0990 e. The highest BCUT2D eigenvalue weighted by Gasteiger charge is 2.14. The first-order chi connectivity index (χ1) is 12.4. The number of hydrogen-bond donors (Lipinski definition) is 1. The molecule has 0 bridgehead atoms. The zero-order valence-electron chi connectivity index (χ0n) is 16.9. The lowest BCUT2D eigenvalue weighted by Crippen LogP contribution is -2.32. The molecule has 0 fully saturated rings. The standard InChI is InChI=1S/C22H43N3/c1-2-3-4-5-6-7-8-9-10-11-12-13-14-15-16-17-22-24-19-21-25(22)20-18-23/h7-8H,2-6,9-21,23H2,1H3/b8-7+. The number of nitrogens with two attached hydrogens (primary N) is 1. The number of unbranched alkanes of at least 4 members (excludes halogenated alkanes) is 11. The Kier molecular flexibility index (Phi) is 14.8. The van der Waals surface area contributed by atoms with E-state index in [4.69, 9.17) is 5.73 Å². The van der Waals surface area contributed by atoms with Gasteiger partial charge in [-0.1, -0.05) is 70.4 Å². The van der Waals surface area contributed by atoms with Gasteiger partial charge in [-0.25, -0.2) is 0 Å². The minimum absolute atomic E-state index is 0.743. The molecule has 0 aromatic carbocycles. The number of nitrogens with zero attached hydrogens (tertiary/aromatic N) is 2. The van der Waals surface area contributed by atoms with Crippen molar-refractivity contribution in [3.05, 3.63) is 12.2 Å². The first-order valence-corrected chi connectivity index (χ1v) is 11.0. The Bertz CT molecular complexity index is 349. The molecule has 0 aromatic heterocycles. The maximum absolute atomic E-state index is 5.66. The summed E-state index contributed by atoms with van der Waals surface area (Å²) in [4.78, 5) is 6.99. The summed E-state index contributed by atoms with van der Waals surface area (Å²) in [6, 6.07) is 0. The van der Waals surface area contributed by atoms with E-state index in [1.165, 1.54) is 89.3 Å². The maximum atomic E-state index is 5.66. The normalized spacial score (nSPS) is 14.6. The topological polar surface area (TPSA) is 41.6 Å². The van der Waals surface area contributed by atoms with Crippen molar-refractivity contribution in [1.29, 1.82) is 0 Å². The molecule has 0 spiro atoms. The lowest BCUT2D eigenvalue weighted by molar-refractivity contribution is 0.456. The fourth-order valence-corrected chi connectivity index (χ4v) is 3.52. The van der Waals surface area contributed by atoms with Gasteiger partial charge in [-0.05, 0) is 32.1 Å². The fourth-order valence-electron chi connectivity index (χ4n) is 3.52. The van der Waals surface area contributed by atoms with Crippen molar-refractivity contribution in [1.82, 2.24) is 4.90 Å². The van der Waals surface area contributed by atoms with Gasteiger partial charge in [0.15, 0.2) is 0 Å². The van der Waals surface area contributed by atoms with Crippen LogP contribution in [0.25, 0.3) is 0 Å². The predicted octanol–water partition coefficient (Wildman–Crippen LogP) is 5.70. The Morgan fingerprint density at radius 2 is 1.48 bits per heavy atom. The summed E-state index contributed by atoms with van der Waals surface area (Å²) in [6.07, 6.45) is 23.7. The predicted molar refractivity (Wildman–Crippen MR) is 112 cm³/mol. The summed E-state index contributed by atoms with van der Waals surface area (Å²) in [5, 5.41) is 0. The lowest BCUT2D eigenvalue weighted by Gasteiger charge is -2.19. The van der Waals surface area contributed by atoms with Crippen LogP contribution in [0.2, 0.25) is 0 Å². The Balaban J connectivity index is 1.81. The second kappa shape index (κ2) is 16.6. The van der Waals surface area contributed by atoms with E-state index in [9.17, 15) is 0 Å². The zero-order chi connectivity index (χ0) is 18.0. The van der Waals surface area contributed by atoms with Crippen LogP contribution < -0.4 is 5.73 Å². The van der Waals surface area contributed by atoms with Crippen molar-refractivity contribution in [3.63, 3.8) is 0 Å². The molecule has 1 aliphatic heterocycles. The summed E-state index contributed by atoms with van der Waals surface area (Å²) in [6.45, 7) is 6.05. The minimum atomic E-state index is 0.743. The molecule has 0 atom stereocenters. The van der Waals surface area contributed by atoms with E-state index in [-0.39, 0.29) is 0 Å². The first-order valence-electron chi connectivity index (χ1n) is 11.0. The molecule has 0 unspecified atom stereocenters. The van der Waals surface area contributed by atoms with Crippen molar-refractivity contribution >= 4 is 5.84 Å². The average molecular weight is 350 g/mol. The Labute approximate surface area is 157 Å². The third-order valence-electron chi connectivity index (χ3n) is 5.09. The third kappa shape index (κ3) is 12.2. The highest BCUT2D eigenvalue weighted by atomic mass is 15.2. The van der Waals surface area contributed by atoms with Gasteiger partial charge in [0.1, 0.15) is 0 Å². The molecule has 0 saturated heterocycles. The average Bonchev–Trinajstić information content (AvgIpc) is 3.06. The fraction of sp³-hybridized carbons (Fsp3) is 0.864. The summed E-state index contributed by atoms with van der Waals surface area (Å²) in [5.41, 5.74) is 5.66. The number of hydrogen-bond acceptors (Lipinski definition) is 3. The molecule has 0 amide bonds. The SMILES string of the molecule is CCCCCC/C=C/CCCCCCCCCC1=NCCN1CCN. The second-order valence-electron chi connectivity index (χ2n) is 7.41. The number of allylic oxidation sites excluding steroid dienone is 2. The van der Waals surface area contributed by atoms with Gasteiger partial charge in [0, 0.05) is 26.1 Å². The van der Waals surface area contributed by atoms with Gasteiger partial charge in [0.2, 0.25) is 0 Å². The van der Waals surface area contributed by atoms with Crippen LogP contribution >= 0.6 is 0 Å². The van der Waals surface area contributed by atoms with E-state index < -0.39 is 0 Å². The van der Waals surface area contributed by atoms with E-state index in [2.05, 4.69) is 29.0 Å². The first kappa shape index (κ1) is 22.2. The molecule has 0 saturated carbocycles. The molecule has 0 aliphatic carbocycles. The summed E-state index contributed by atoms with van der Waals surface area (Å²) >= 11 is 0. The van der Waals surface area contributed by atoms with Crippen LogP contribution in [0.1, 0.15) is 96.8 Å².